The largest absolute Gasteiger partial charge is 0.479 e. The van der Waals surface area contributed by atoms with Crippen LogP contribution in [0.4, 0.5) is 9.59 Å². The molecule has 12 nitrogen and oxygen atoms in total. The molecule has 0 unspecified atom stereocenters. The van der Waals surface area contributed by atoms with Gasteiger partial charge in [0.25, 0.3) is 0 Å². The number of esters is 1. The normalized spacial score (nSPS) is 27.3. The number of piperidine rings is 1. The van der Waals surface area contributed by atoms with Gasteiger partial charge in [0.15, 0.2) is 0 Å². The van der Waals surface area contributed by atoms with Gasteiger partial charge in [-0.05, 0) is 51.9 Å². The van der Waals surface area contributed by atoms with E-state index >= 15 is 0 Å². The number of rotatable bonds is 7. The monoisotopic (exact) mass is 564 g/mol. The van der Waals surface area contributed by atoms with Crippen LogP contribution in [-0.2, 0) is 23.9 Å². The van der Waals surface area contributed by atoms with Crippen LogP contribution in [0.15, 0.2) is 12.7 Å². The van der Waals surface area contributed by atoms with Gasteiger partial charge < -0.3 is 35.0 Å². The first-order chi connectivity index (χ1) is 18.5. The summed E-state index contributed by atoms with van der Waals surface area (Å²) < 4.78 is 11.2. The predicted octanol–water partition coefficient (Wildman–Crippen LogP) is 2.66. The van der Waals surface area contributed by atoms with E-state index in [9.17, 15) is 29.1 Å². The molecule has 0 bridgehead atoms. The van der Waals surface area contributed by atoms with E-state index in [1.807, 2.05) is 0 Å². The maximum atomic E-state index is 13.6. The zero-order chi connectivity index (χ0) is 30.0. The summed E-state index contributed by atoms with van der Waals surface area (Å²) in [5.74, 6) is -2.89. The number of carbonyl (C=O) groups excluding carboxylic acids is 4. The van der Waals surface area contributed by atoms with Crippen LogP contribution in [0.5, 0.6) is 0 Å². The van der Waals surface area contributed by atoms with Gasteiger partial charge in [-0.3, -0.25) is 4.79 Å². The molecule has 0 aromatic heterocycles. The van der Waals surface area contributed by atoms with Gasteiger partial charge in [-0.25, -0.2) is 19.2 Å². The highest BCUT2D eigenvalue weighted by Gasteiger charge is 2.61. The number of nitrogens with one attached hydrogen (secondary N) is 2. The summed E-state index contributed by atoms with van der Waals surface area (Å²) in [6, 6.07) is -2.91. The zero-order valence-corrected chi connectivity index (χ0v) is 24.5. The third-order valence-corrected chi connectivity index (χ3v) is 7.51. The van der Waals surface area contributed by atoms with Crippen molar-refractivity contribution >= 4 is 30.0 Å². The van der Waals surface area contributed by atoms with Crippen LogP contribution in [0, 0.1) is 11.3 Å². The molecule has 2 aliphatic heterocycles. The summed E-state index contributed by atoms with van der Waals surface area (Å²) in [7, 11) is 0. The highest BCUT2D eigenvalue weighted by atomic mass is 16.6. The average Bonchev–Trinajstić information content (AvgIpc) is 3.41. The highest BCUT2D eigenvalue weighted by Crippen LogP contribution is 2.45. The van der Waals surface area contributed by atoms with Gasteiger partial charge in [-0.2, -0.15) is 0 Å². The van der Waals surface area contributed by atoms with Gasteiger partial charge >= 0.3 is 24.1 Å². The fraction of sp³-hybridized carbons (Fsp3) is 0.750. The Morgan fingerprint density at radius 3 is 2.17 bits per heavy atom. The van der Waals surface area contributed by atoms with E-state index < -0.39 is 70.6 Å². The Balaban J connectivity index is 1.81. The molecule has 2 heterocycles. The number of amides is 4. The van der Waals surface area contributed by atoms with E-state index in [0.717, 1.165) is 19.3 Å². The Kier molecular flexibility index (Phi) is 9.10. The first-order valence-corrected chi connectivity index (χ1v) is 13.9. The SMILES string of the molecule is C=C[C@H]1C[C@]1(NC(=O)N1C[C@@H](OC(=O)N2CCCCC2)C[C@H]1C(=O)N[C@H](C(=O)OC(C)(C)C)C(C)(C)C)C(=O)O. The smallest absolute Gasteiger partial charge is 0.410 e. The minimum absolute atomic E-state index is 0.00499. The molecule has 12 heteroatoms. The van der Waals surface area contributed by atoms with Gasteiger partial charge in [0, 0.05) is 25.4 Å². The summed E-state index contributed by atoms with van der Waals surface area (Å²) in [4.78, 5) is 67.6. The second-order valence-electron chi connectivity index (χ2n) is 13.1. The molecule has 5 atom stereocenters. The predicted molar refractivity (Wildman–Crippen MR) is 145 cm³/mol. The molecule has 40 heavy (non-hydrogen) atoms. The van der Waals surface area contributed by atoms with Crippen molar-refractivity contribution in [2.45, 2.75) is 103 Å². The molecule has 1 saturated carbocycles. The van der Waals surface area contributed by atoms with E-state index in [0.29, 0.717) is 13.1 Å². The molecule has 0 spiro atoms. The average molecular weight is 565 g/mol. The lowest BCUT2D eigenvalue weighted by Crippen LogP contribution is -2.58. The van der Waals surface area contributed by atoms with Crippen molar-refractivity contribution in [3.8, 4) is 0 Å². The van der Waals surface area contributed by atoms with Gasteiger partial charge in [-0.15, -0.1) is 6.58 Å². The van der Waals surface area contributed by atoms with E-state index in [2.05, 4.69) is 17.2 Å². The summed E-state index contributed by atoms with van der Waals surface area (Å²) >= 11 is 0. The second-order valence-corrected chi connectivity index (χ2v) is 13.1. The lowest BCUT2D eigenvalue weighted by Gasteiger charge is -2.34. The number of aliphatic carboxylic acids is 1. The lowest BCUT2D eigenvalue weighted by molar-refractivity contribution is -0.162. The Hall–Kier alpha value is -3.31. The molecule has 3 aliphatic rings. The molecule has 3 fully saturated rings. The minimum Gasteiger partial charge on any atom is -0.479 e. The minimum atomic E-state index is -1.51. The third-order valence-electron chi connectivity index (χ3n) is 7.51. The summed E-state index contributed by atoms with van der Waals surface area (Å²) in [6.45, 7) is 15.2. The summed E-state index contributed by atoms with van der Waals surface area (Å²) in [5.41, 5.74) is -3.01. The summed E-state index contributed by atoms with van der Waals surface area (Å²) in [6.07, 6.45) is 3.13. The van der Waals surface area contributed by atoms with E-state index in [-0.39, 0.29) is 19.4 Å². The molecular weight excluding hydrogens is 520 g/mol. The number of ether oxygens (including phenoxy) is 2. The number of hydrogen-bond acceptors (Lipinski definition) is 7. The van der Waals surface area contributed by atoms with Crippen LogP contribution >= 0.6 is 0 Å². The molecule has 1 aliphatic carbocycles. The Morgan fingerprint density at radius 2 is 1.68 bits per heavy atom. The van der Waals surface area contributed by atoms with Crippen molar-refractivity contribution in [1.82, 2.24) is 20.4 Å². The maximum Gasteiger partial charge on any atom is 0.410 e. The van der Waals surface area contributed by atoms with Gasteiger partial charge in [0.1, 0.15) is 29.3 Å². The zero-order valence-electron chi connectivity index (χ0n) is 24.5. The lowest BCUT2D eigenvalue weighted by atomic mass is 9.86. The van der Waals surface area contributed by atoms with Crippen molar-refractivity contribution in [2.75, 3.05) is 19.6 Å². The topological polar surface area (TPSA) is 155 Å². The number of hydrogen-bond donors (Lipinski definition) is 3. The number of carboxylic acids is 1. The number of nitrogens with zero attached hydrogens (tertiary/aromatic N) is 2. The molecule has 0 radical (unpaired) electrons. The number of urea groups is 1. The van der Waals surface area contributed by atoms with Crippen molar-refractivity contribution in [3.63, 3.8) is 0 Å². The quantitative estimate of drug-likeness (QED) is 0.315. The van der Waals surface area contributed by atoms with Gasteiger partial charge in [-0.1, -0.05) is 26.8 Å². The molecule has 0 aromatic carbocycles. The van der Waals surface area contributed by atoms with Crippen molar-refractivity contribution < 1.29 is 38.6 Å². The van der Waals surface area contributed by atoms with Crippen LogP contribution < -0.4 is 10.6 Å². The van der Waals surface area contributed by atoms with Crippen LogP contribution in [0.1, 0.15) is 73.6 Å². The van der Waals surface area contributed by atoms with Crippen molar-refractivity contribution in [1.29, 1.82) is 0 Å². The van der Waals surface area contributed by atoms with E-state index in [1.54, 1.807) is 46.4 Å². The molecule has 3 rings (SSSR count). The number of carboxylic acid groups (broad SMARTS) is 1. The summed E-state index contributed by atoms with van der Waals surface area (Å²) in [5, 5.41) is 15.1. The molecule has 0 aromatic rings. The number of carbonyl (C=O) groups is 5. The third kappa shape index (κ3) is 7.25. The van der Waals surface area contributed by atoms with Gasteiger partial charge in [0.2, 0.25) is 5.91 Å². The van der Waals surface area contributed by atoms with E-state index in [4.69, 9.17) is 9.47 Å². The molecule has 2 saturated heterocycles. The molecular formula is C28H44N4O8. The fourth-order valence-electron chi connectivity index (χ4n) is 5.16. The van der Waals surface area contributed by atoms with Gasteiger partial charge in [0.05, 0.1) is 6.54 Å². The molecule has 4 amide bonds. The maximum absolute atomic E-state index is 13.6. The van der Waals surface area contributed by atoms with Crippen molar-refractivity contribution in [2.24, 2.45) is 11.3 Å². The van der Waals surface area contributed by atoms with Crippen molar-refractivity contribution in [3.05, 3.63) is 12.7 Å². The molecule has 224 valence electrons. The molecule has 3 N–H and O–H groups in total. The second kappa shape index (κ2) is 11.7. The Morgan fingerprint density at radius 1 is 1.05 bits per heavy atom. The van der Waals surface area contributed by atoms with Crippen LogP contribution in [0.3, 0.4) is 0 Å². The number of likely N-dealkylation sites (tertiary alicyclic amines) is 2. The Bertz CT molecular complexity index is 1030. The van der Waals surface area contributed by atoms with Crippen LogP contribution in [0.2, 0.25) is 0 Å². The first-order valence-electron chi connectivity index (χ1n) is 13.9. The highest BCUT2D eigenvalue weighted by molar-refractivity contribution is 5.94. The van der Waals surface area contributed by atoms with E-state index in [1.165, 1.54) is 11.0 Å². The Labute approximate surface area is 235 Å². The fourth-order valence-corrected chi connectivity index (χ4v) is 5.16. The van der Waals surface area contributed by atoms with Crippen LogP contribution in [-0.4, -0.2) is 93.8 Å². The van der Waals surface area contributed by atoms with Crippen LogP contribution in [0.25, 0.3) is 0 Å². The first kappa shape index (κ1) is 31.2. The standard InChI is InChI=1S/C28H44N4O8/c1-8-17-15-28(17,23(35)36)30-24(37)32-16-18(39-25(38)31-12-10-9-11-13-31)14-19(32)21(33)29-20(26(2,3)4)22(34)40-27(5,6)7/h8,17-20H,1,9-16H2,2-7H3,(H,29,33)(H,30,37)(H,35,36)/t17-,18-,19-,20+,28+/m0/s1.